The van der Waals surface area contributed by atoms with Gasteiger partial charge < -0.3 is 10.2 Å². The van der Waals surface area contributed by atoms with Crippen molar-refractivity contribution in [2.75, 3.05) is 32.7 Å². The van der Waals surface area contributed by atoms with Crippen molar-refractivity contribution in [2.24, 2.45) is 5.92 Å². The number of hydrogen-bond acceptors (Lipinski definition) is 3. The predicted octanol–water partition coefficient (Wildman–Crippen LogP) is 2.62. The van der Waals surface area contributed by atoms with Gasteiger partial charge in [-0.3, -0.25) is 0 Å². The fourth-order valence-electron chi connectivity index (χ4n) is 2.86. The Morgan fingerprint density at radius 3 is 2.60 bits per heavy atom. The maximum Gasteiger partial charge on any atom is 0.0837 e. The first-order valence-electron chi connectivity index (χ1n) is 7.71. The molecule has 1 unspecified atom stereocenters. The van der Waals surface area contributed by atoms with Gasteiger partial charge in [0.05, 0.1) is 12.0 Å². The molecular weight excluding hydrogens is 246 g/mol. The number of rotatable bonds is 6. The van der Waals surface area contributed by atoms with Crippen LogP contribution in [0.25, 0.3) is 0 Å². The molecule has 0 saturated carbocycles. The molecule has 0 amide bonds. The minimum Gasteiger partial charge on any atom is -0.315 e. The lowest BCUT2D eigenvalue weighted by atomic mass is 9.96. The molecule has 1 aliphatic rings. The van der Waals surface area contributed by atoms with Crippen LogP contribution < -0.4 is 5.32 Å². The molecule has 1 aliphatic heterocycles. The lowest BCUT2D eigenvalue weighted by molar-refractivity contribution is 0.190. The highest BCUT2D eigenvalue weighted by Gasteiger charge is 2.18. The van der Waals surface area contributed by atoms with Crippen molar-refractivity contribution in [1.29, 1.82) is 5.26 Å². The molecule has 1 fully saturated rings. The summed E-state index contributed by atoms with van der Waals surface area (Å²) in [7, 11) is 0. The van der Waals surface area contributed by atoms with Crippen molar-refractivity contribution in [3.8, 4) is 6.07 Å². The van der Waals surface area contributed by atoms with E-state index in [4.69, 9.17) is 0 Å². The highest BCUT2D eigenvalue weighted by atomic mass is 15.1. The number of hydrogen-bond donors (Lipinski definition) is 1. The van der Waals surface area contributed by atoms with E-state index in [0.29, 0.717) is 0 Å². The molecule has 1 heterocycles. The van der Waals surface area contributed by atoms with Gasteiger partial charge in [0.25, 0.3) is 0 Å². The zero-order chi connectivity index (χ0) is 14.2. The Balaban J connectivity index is 1.71. The van der Waals surface area contributed by atoms with E-state index in [0.717, 1.165) is 24.6 Å². The van der Waals surface area contributed by atoms with Gasteiger partial charge in [0.2, 0.25) is 0 Å². The van der Waals surface area contributed by atoms with Crippen LogP contribution in [0.15, 0.2) is 30.3 Å². The number of benzene rings is 1. The zero-order valence-corrected chi connectivity index (χ0v) is 12.4. The first-order chi connectivity index (χ1) is 9.83. The standard InChI is InChI=1S/C17H25N3/c1-2-20-10-8-15(9-11-20)13-19-14-17(12-18)16-6-4-3-5-7-16/h3-7,15,17,19H,2,8-11,13-14H2,1H3. The maximum atomic E-state index is 9.29. The highest BCUT2D eigenvalue weighted by Crippen LogP contribution is 2.17. The van der Waals surface area contributed by atoms with Gasteiger partial charge in [-0.25, -0.2) is 0 Å². The summed E-state index contributed by atoms with van der Waals surface area (Å²) in [4.78, 5) is 2.51. The van der Waals surface area contributed by atoms with Crippen molar-refractivity contribution in [2.45, 2.75) is 25.7 Å². The number of piperidine rings is 1. The third-order valence-corrected chi connectivity index (χ3v) is 4.29. The minimum absolute atomic E-state index is 0.0352. The Hall–Kier alpha value is -1.37. The molecule has 1 N–H and O–H groups in total. The third-order valence-electron chi connectivity index (χ3n) is 4.29. The van der Waals surface area contributed by atoms with E-state index >= 15 is 0 Å². The molecule has 20 heavy (non-hydrogen) atoms. The average Bonchev–Trinajstić information content (AvgIpc) is 2.53. The van der Waals surface area contributed by atoms with E-state index in [2.05, 4.69) is 23.2 Å². The molecule has 3 nitrogen and oxygen atoms in total. The van der Waals surface area contributed by atoms with Crippen LogP contribution in [0.4, 0.5) is 0 Å². The molecule has 0 bridgehead atoms. The van der Waals surface area contributed by atoms with Gasteiger partial charge in [0.1, 0.15) is 0 Å². The summed E-state index contributed by atoms with van der Waals surface area (Å²) in [5.41, 5.74) is 1.11. The Bertz CT molecular complexity index is 416. The van der Waals surface area contributed by atoms with Crippen molar-refractivity contribution in [3.05, 3.63) is 35.9 Å². The lowest BCUT2D eigenvalue weighted by Gasteiger charge is -2.31. The van der Waals surface area contributed by atoms with Crippen LogP contribution in [0, 0.1) is 17.2 Å². The minimum atomic E-state index is -0.0352. The molecular formula is C17H25N3. The summed E-state index contributed by atoms with van der Waals surface area (Å²) < 4.78 is 0. The van der Waals surface area contributed by atoms with Crippen LogP contribution >= 0.6 is 0 Å². The van der Waals surface area contributed by atoms with Crippen LogP contribution in [-0.4, -0.2) is 37.6 Å². The summed E-state index contributed by atoms with van der Waals surface area (Å²) in [6.07, 6.45) is 2.56. The molecule has 108 valence electrons. The quantitative estimate of drug-likeness (QED) is 0.864. The Kier molecular flexibility index (Phi) is 6.04. The normalized spacial score (nSPS) is 18.6. The summed E-state index contributed by atoms with van der Waals surface area (Å²) >= 11 is 0. The number of nitrogens with one attached hydrogen (secondary N) is 1. The van der Waals surface area contributed by atoms with Crippen molar-refractivity contribution in [3.63, 3.8) is 0 Å². The molecule has 0 radical (unpaired) electrons. The SMILES string of the molecule is CCN1CCC(CNCC(C#N)c2ccccc2)CC1. The van der Waals surface area contributed by atoms with E-state index in [-0.39, 0.29) is 5.92 Å². The second kappa shape index (κ2) is 8.04. The van der Waals surface area contributed by atoms with Crippen LogP contribution in [0.1, 0.15) is 31.2 Å². The molecule has 1 aromatic rings. The van der Waals surface area contributed by atoms with Crippen LogP contribution in [0.5, 0.6) is 0 Å². The van der Waals surface area contributed by atoms with Gasteiger partial charge >= 0.3 is 0 Å². The Morgan fingerprint density at radius 2 is 2.00 bits per heavy atom. The van der Waals surface area contributed by atoms with E-state index in [9.17, 15) is 5.26 Å². The van der Waals surface area contributed by atoms with Crippen LogP contribution in [-0.2, 0) is 0 Å². The molecule has 3 heteroatoms. The summed E-state index contributed by atoms with van der Waals surface area (Å²) in [5.74, 6) is 0.736. The molecule has 2 rings (SSSR count). The van der Waals surface area contributed by atoms with Crippen molar-refractivity contribution < 1.29 is 0 Å². The van der Waals surface area contributed by atoms with Gasteiger partial charge in [-0.15, -0.1) is 0 Å². The summed E-state index contributed by atoms with van der Waals surface area (Å²) in [6.45, 7) is 7.66. The van der Waals surface area contributed by atoms with Gasteiger partial charge in [0, 0.05) is 6.54 Å². The molecule has 1 aromatic carbocycles. The fourth-order valence-corrected chi connectivity index (χ4v) is 2.86. The summed E-state index contributed by atoms with van der Waals surface area (Å²) in [5, 5.41) is 12.8. The maximum absolute atomic E-state index is 9.29. The molecule has 0 aliphatic carbocycles. The topological polar surface area (TPSA) is 39.1 Å². The third kappa shape index (κ3) is 4.33. The second-order valence-corrected chi connectivity index (χ2v) is 5.63. The number of likely N-dealkylation sites (tertiary alicyclic amines) is 1. The van der Waals surface area contributed by atoms with Crippen LogP contribution in [0.3, 0.4) is 0 Å². The monoisotopic (exact) mass is 271 g/mol. The fraction of sp³-hybridized carbons (Fsp3) is 0.588. The van der Waals surface area contributed by atoms with Crippen molar-refractivity contribution in [1.82, 2.24) is 10.2 Å². The van der Waals surface area contributed by atoms with E-state index in [1.165, 1.54) is 32.5 Å². The highest BCUT2D eigenvalue weighted by molar-refractivity contribution is 5.24. The Labute approximate surface area is 122 Å². The molecule has 1 saturated heterocycles. The Morgan fingerprint density at radius 1 is 1.30 bits per heavy atom. The lowest BCUT2D eigenvalue weighted by Crippen LogP contribution is -2.37. The molecule has 0 aromatic heterocycles. The van der Waals surface area contributed by atoms with E-state index < -0.39 is 0 Å². The first kappa shape index (κ1) is 15.0. The first-order valence-corrected chi connectivity index (χ1v) is 7.71. The van der Waals surface area contributed by atoms with Gasteiger partial charge in [-0.2, -0.15) is 5.26 Å². The van der Waals surface area contributed by atoms with Crippen molar-refractivity contribution >= 4 is 0 Å². The zero-order valence-electron chi connectivity index (χ0n) is 12.4. The van der Waals surface area contributed by atoms with E-state index in [1.54, 1.807) is 0 Å². The van der Waals surface area contributed by atoms with E-state index in [1.807, 2.05) is 30.3 Å². The average molecular weight is 271 g/mol. The second-order valence-electron chi connectivity index (χ2n) is 5.63. The van der Waals surface area contributed by atoms with Gasteiger partial charge in [0.15, 0.2) is 0 Å². The molecule has 1 atom stereocenters. The largest absolute Gasteiger partial charge is 0.315 e. The number of nitrogens with zero attached hydrogens (tertiary/aromatic N) is 2. The number of nitriles is 1. The van der Waals surface area contributed by atoms with Gasteiger partial charge in [-0.1, -0.05) is 37.3 Å². The van der Waals surface area contributed by atoms with Gasteiger partial charge in [-0.05, 0) is 50.5 Å². The molecule has 0 spiro atoms. The summed E-state index contributed by atoms with van der Waals surface area (Å²) in [6, 6.07) is 12.5. The predicted molar refractivity (Wildman–Crippen MR) is 82.5 cm³/mol. The smallest absolute Gasteiger partial charge is 0.0837 e. The van der Waals surface area contributed by atoms with Crippen LogP contribution in [0.2, 0.25) is 0 Å².